The summed E-state index contributed by atoms with van der Waals surface area (Å²) in [4.78, 5) is 17.6. The van der Waals surface area contributed by atoms with Crippen molar-refractivity contribution in [1.29, 1.82) is 0 Å². The molecule has 1 aromatic carbocycles. The molecule has 0 bridgehead atoms. The van der Waals surface area contributed by atoms with Gasteiger partial charge in [-0.25, -0.2) is 12.8 Å². The van der Waals surface area contributed by atoms with E-state index in [0.717, 1.165) is 30.5 Å². The van der Waals surface area contributed by atoms with Gasteiger partial charge >= 0.3 is 0 Å². The van der Waals surface area contributed by atoms with Crippen molar-refractivity contribution in [3.8, 4) is 0 Å². The standard InChI is InChI=1S/C18H20FN3O3S/c1-21(13-14-5-4-8-20-12-14)18(23)15-6-7-16(19)17(11-15)26(24,25)22-9-2-3-10-22/h4-8,11-12H,2-3,9-10,13H2,1H3. The van der Waals surface area contributed by atoms with E-state index in [2.05, 4.69) is 4.98 Å². The Morgan fingerprint density at radius 3 is 2.65 bits per heavy atom. The number of benzene rings is 1. The summed E-state index contributed by atoms with van der Waals surface area (Å²) in [6, 6.07) is 7.08. The molecule has 0 saturated carbocycles. The number of rotatable bonds is 5. The first kappa shape index (κ1) is 18.5. The average Bonchev–Trinajstić information content (AvgIpc) is 3.18. The molecule has 138 valence electrons. The van der Waals surface area contributed by atoms with Gasteiger partial charge in [0.1, 0.15) is 10.7 Å². The van der Waals surface area contributed by atoms with Gasteiger partial charge in [0, 0.05) is 44.6 Å². The Morgan fingerprint density at radius 2 is 2.00 bits per heavy atom. The molecule has 0 N–H and O–H groups in total. The van der Waals surface area contributed by atoms with Crippen molar-refractivity contribution in [1.82, 2.24) is 14.2 Å². The third-order valence-corrected chi connectivity index (χ3v) is 6.26. The van der Waals surface area contributed by atoms with E-state index in [4.69, 9.17) is 0 Å². The molecule has 3 rings (SSSR count). The Morgan fingerprint density at radius 1 is 1.27 bits per heavy atom. The summed E-state index contributed by atoms with van der Waals surface area (Å²) in [6.07, 6.45) is 4.80. The molecule has 1 fully saturated rings. The lowest BCUT2D eigenvalue weighted by molar-refractivity contribution is 0.0784. The molecule has 0 radical (unpaired) electrons. The molecule has 1 aromatic heterocycles. The van der Waals surface area contributed by atoms with Gasteiger partial charge in [-0.3, -0.25) is 9.78 Å². The van der Waals surface area contributed by atoms with Gasteiger partial charge in [-0.05, 0) is 42.7 Å². The highest BCUT2D eigenvalue weighted by Gasteiger charge is 2.30. The fourth-order valence-electron chi connectivity index (χ4n) is 2.96. The summed E-state index contributed by atoms with van der Waals surface area (Å²) in [5, 5.41) is 0. The maximum atomic E-state index is 14.2. The topological polar surface area (TPSA) is 70.6 Å². The molecule has 1 saturated heterocycles. The van der Waals surface area contributed by atoms with Gasteiger partial charge in [0.2, 0.25) is 10.0 Å². The zero-order valence-electron chi connectivity index (χ0n) is 14.4. The lowest BCUT2D eigenvalue weighted by Gasteiger charge is -2.19. The van der Waals surface area contributed by atoms with Crippen LogP contribution in [0.2, 0.25) is 0 Å². The predicted octanol–water partition coefficient (Wildman–Crippen LogP) is 2.28. The number of hydrogen-bond acceptors (Lipinski definition) is 4. The molecule has 6 nitrogen and oxygen atoms in total. The molecule has 26 heavy (non-hydrogen) atoms. The minimum Gasteiger partial charge on any atom is -0.337 e. The van der Waals surface area contributed by atoms with Crippen molar-refractivity contribution in [3.63, 3.8) is 0 Å². The minimum atomic E-state index is -3.93. The van der Waals surface area contributed by atoms with Crippen LogP contribution < -0.4 is 0 Å². The fourth-order valence-corrected chi connectivity index (χ4v) is 4.57. The minimum absolute atomic E-state index is 0.135. The van der Waals surface area contributed by atoms with E-state index in [1.54, 1.807) is 25.5 Å². The van der Waals surface area contributed by atoms with Crippen molar-refractivity contribution >= 4 is 15.9 Å². The second-order valence-electron chi connectivity index (χ2n) is 6.28. The van der Waals surface area contributed by atoms with E-state index in [1.165, 1.54) is 15.3 Å². The maximum absolute atomic E-state index is 14.2. The van der Waals surface area contributed by atoms with Crippen LogP contribution in [0.3, 0.4) is 0 Å². The van der Waals surface area contributed by atoms with Crippen molar-refractivity contribution < 1.29 is 17.6 Å². The van der Waals surface area contributed by atoms with Gasteiger partial charge < -0.3 is 4.90 Å². The molecule has 0 atom stereocenters. The fraction of sp³-hybridized carbons (Fsp3) is 0.333. The Hall–Kier alpha value is -2.32. The predicted molar refractivity (Wildman–Crippen MR) is 94.4 cm³/mol. The third-order valence-electron chi connectivity index (χ3n) is 4.35. The highest BCUT2D eigenvalue weighted by Crippen LogP contribution is 2.24. The SMILES string of the molecule is CN(Cc1cccnc1)C(=O)c1ccc(F)c(S(=O)(=O)N2CCCC2)c1. The first-order valence-corrected chi connectivity index (χ1v) is 9.77. The van der Waals surface area contributed by atoms with Gasteiger partial charge in [0.15, 0.2) is 0 Å². The Kier molecular flexibility index (Phi) is 5.33. The van der Waals surface area contributed by atoms with Crippen LogP contribution in [0.1, 0.15) is 28.8 Å². The summed E-state index contributed by atoms with van der Waals surface area (Å²) in [5.74, 6) is -1.23. The summed E-state index contributed by atoms with van der Waals surface area (Å²) >= 11 is 0. The molecule has 0 aliphatic carbocycles. The Balaban J connectivity index is 1.85. The molecule has 0 spiro atoms. The number of aromatic nitrogens is 1. The van der Waals surface area contributed by atoms with Crippen LogP contribution in [0, 0.1) is 5.82 Å². The van der Waals surface area contributed by atoms with Gasteiger partial charge in [-0.1, -0.05) is 6.07 Å². The smallest absolute Gasteiger partial charge is 0.253 e. The van der Waals surface area contributed by atoms with Gasteiger partial charge in [0.05, 0.1) is 0 Å². The second-order valence-corrected chi connectivity index (χ2v) is 8.19. The van der Waals surface area contributed by atoms with E-state index in [9.17, 15) is 17.6 Å². The van der Waals surface area contributed by atoms with Gasteiger partial charge in [-0.2, -0.15) is 4.31 Å². The third kappa shape index (κ3) is 3.76. The summed E-state index contributed by atoms with van der Waals surface area (Å²) < 4.78 is 40.7. The number of nitrogens with zero attached hydrogens (tertiary/aromatic N) is 3. The highest BCUT2D eigenvalue weighted by molar-refractivity contribution is 7.89. The molecule has 8 heteroatoms. The number of pyridine rings is 1. The van der Waals surface area contributed by atoms with E-state index < -0.39 is 20.7 Å². The van der Waals surface area contributed by atoms with E-state index in [1.807, 2.05) is 6.07 Å². The second kappa shape index (κ2) is 7.51. The first-order chi connectivity index (χ1) is 12.4. The van der Waals surface area contributed by atoms with Crippen molar-refractivity contribution in [2.75, 3.05) is 20.1 Å². The van der Waals surface area contributed by atoms with Gasteiger partial charge in [-0.15, -0.1) is 0 Å². The van der Waals surface area contributed by atoms with Crippen LogP contribution in [0.5, 0.6) is 0 Å². The van der Waals surface area contributed by atoms with Crippen LogP contribution in [0.25, 0.3) is 0 Å². The maximum Gasteiger partial charge on any atom is 0.253 e. The van der Waals surface area contributed by atoms with Crippen LogP contribution in [0.4, 0.5) is 4.39 Å². The summed E-state index contributed by atoms with van der Waals surface area (Å²) in [6.45, 7) is 1.07. The molecule has 0 unspecified atom stereocenters. The Labute approximate surface area is 152 Å². The lowest BCUT2D eigenvalue weighted by Crippen LogP contribution is -2.30. The summed E-state index contributed by atoms with van der Waals surface area (Å²) in [7, 11) is -2.33. The van der Waals surface area contributed by atoms with Crippen molar-refractivity contribution in [3.05, 3.63) is 59.7 Å². The normalized spacial score (nSPS) is 15.2. The molecular weight excluding hydrogens is 357 g/mol. The number of carbonyl (C=O) groups excluding carboxylic acids is 1. The zero-order valence-corrected chi connectivity index (χ0v) is 15.2. The molecular formula is C18H20FN3O3S. The van der Waals surface area contributed by atoms with Crippen LogP contribution in [-0.2, 0) is 16.6 Å². The van der Waals surface area contributed by atoms with Gasteiger partial charge in [0.25, 0.3) is 5.91 Å². The number of amides is 1. The number of halogens is 1. The molecule has 2 aromatic rings. The van der Waals surface area contributed by atoms with Crippen molar-refractivity contribution in [2.45, 2.75) is 24.3 Å². The van der Waals surface area contributed by atoms with Crippen molar-refractivity contribution in [2.24, 2.45) is 0 Å². The average molecular weight is 377 g/mol. The molecule has 1 aliphatic rings. The van der Waals surface area contributed by atoms with E-state index in [0.29, 0.717) is 19.6 Å². The quantitative estimate of drug-likeness (QED) is 0.802. The summed E-state index contributed by atoms with van der Waals surface area (Å²) in [5.41, 5.74) is 0.978. The first-order valence-electron chi connectivity index (χ1n) is 8.33. The van der Waals surface area contributed by atoms with E-state index >= 15 is 0 Å². The molecule has 1 aliphatic heterocycles. The van der Waals surface area contributed by atoms with Crippen LogP contribution in [-0.4, -0.2) is 48.7 Å². The monoisotopic (exact) mass is 377 g/mol. The largest absolute Gasteiger partial charge is 0.337 e. The molecule has 1 amide bonds. The Bertz CT molecular complexity index is 897. The number of carbonyl (C=O) groups is 1. The van der Waals surface area contributed by atoms with Crippen LogP contribution in [0.15, 0.2) is 47.6 Å². The highest BCUT2D eigenvalue weighted by atomic mass is 32.2. The zero-order chi connectivity index (χ0) is 18.7. The molecule has 2 heterocycles. The number of sulfonamides is 1. The lowest BCUT2D eigenvalue weighted by atomic mass is 10.2. The van der Waals surface area contributed by atoms with Crippen LogP contribution >= 0.6 is 0 Å². The van der Waals surface area contributed by atoms with E-state index in [-0.39, 0.29) is 11.5 Å². The number of hydrogen-bond donors (Lipinski definition) is 0.